The van der Waals surface area contributed by atoms with Crippen molar-refractivity contribution in [1.29, 1.82) is 0 Å². The minimum absolute atomic E-state index is 0.0214. The summed E-state index contributed by atoms with van der Waals surface area (Å²) in [7, 11) is -3.89. The number of para-hydroxylation sites is 2. The van der Waals surface area contributed by atoms with Gasteiger partial charge in [0.25, 0.3) is 10.0 Å². The molecule has 0 saturated heterocycles. The first-order valence-electron chi connectivity index (χ1n) is 12.0. The van der Waals surface area contributed by atoms with Crippen molar-refractivity contribution < 1.29 is 8.42 Å². The standard InChI is InChI=1S/C27H25N9O2S/c1-18-17-19(2)29-27(28-18)36-39(37,38)23-15-13-22(14-16-23)32-33-24-25(30-20-9-5-3-6-10-20)34-35-26(24)31-21-11-7-4-8-12-21/h3-17H,1-2H3,(H,28,29,36)(H3,30,31,34,35). The molecule has 0 saturated carbocycles. The Labute approximate surface area is 225 Å². The number of nitrogens with zero attached hydrogens (tertiary/aromatic N) is 5. The van der Waals surface area contributed by atoms with Crippen LogP contribution in [-0.4, -0.2) is 28.6 Å². The van der Waals surface area contributed by atoms with E-state index in [4.69, 9.17) is 0 Å². The Morgan fingerprint density at radius 2 is 1.33 bits per heavy atom. The fourth-order valence-corrected chi connectivity index (χ4v) is 4.63. The molecule has 0 radical (unpaired) electrons. The average molecular weight is 540 g/mol. The lowest BCUT2D eigenvalue weighted by atomic mass is 10.3. The normalized spacial score (nSPS) is 11.4. The molecule has 5 rings (SSSR count). The summed E-state index contributed by atoms with van der Waals surface area (Å²) in [5.41, 5.74) is 3.91. The zero-order valence-electron chi connectivity index (χ0n) is 21.1. The number of anilines is 5. The summed E-state index contributed by atoms with van der Waals surface area (Å²) < 4.78 is 28.1. The van der Waals surface area contributed by atoms with E-state index < -0.39 is 10.0 Å². The molecule has 39 heavy (non-hydrogen) atoms. The van der Waals surface area contributed by atoms with E-state index in [9.17, 15) is 8.42 Å². The van der Waals surface area contributed by atoms with Gasteiger partial charge in [-0.3, -0.25) is 5.10 Å². The summed E-state index contributed by atoms with van der Waals surface area (Å²) >= 11 is 0. The maximum Gasteiger partial charge on any atom is 0.264 e. The largest absolute Gasteiger partial charge is 0.339 e. The van der Waals surface area contributed by atoms with Crippen LogP contribution in [0.3, 0.4) is 0 Å². The molecule has 0 amide bonds. The van der Waals surface area contributed by atoms with Crippen molar-refractivity contribution in [3.8, 4) is 0 Å². The van der Waals surface area contributed by atoms with Crippen LogP contribution >= 0.6 is 0 Å². The number of benzene rings is 3. The number of rotatable bonds is 9. The number of H-pyrrole nitrogens is 1. The third-order valence-electron chi connectivity index (χ3n) is 5.44. The van der Waals surface area contributed by atoms with E-state index >= 15 is 0 Å². The monoisotopic (exact) mass is 539 g/mol. The van der Waals surface area contributed by atoms with Gasteiger partial charge in [0.1, 0.15) is 0 Å². The number of aromatic nitrogens is 4. The van der Waals surface area contributed by atoms with Gasteiger partial charge in [-0.05, 0) is 68.4 Å². The van der Waals surface area contributed by atoms with Crippen LogP contribution in [0.2, 0.25) is 0 Å². The molecule has 11 nitrogen and oxygen atoms in total. The summed E-state index contributed by atoms with van der Waals surface area (Å²) in [6, 6.07) is 27.0. The highest BCUT2D eigenvalue weighted by atomic mass is 32.2. The zero-order chi connectivity index (χ0) is 27.2. The lowest BCUT2D eigenvalue weighted by Crippen LogP contribution is -2.15. The molecule has 0 aliphatic carbocycles. The first kappa shape index (κ1) is 25.5. The minimum atomic E-state index is -3.89. The number of hydrogen-bond acceptors (Lipinski definition) is 9. The summed E-state index contributed by atoms with van der Waals surface area (Å²) in [5, 5.41) is 22.6. The van der Waals surface area contributed by atoms with Crippen LogP contribution in [0, 0.1) is 13.8 Å². The molecule has 0 bridgehead atoms. The molecule has 0 aliphatic rings. The molecule has 3 aromatic carbocycles. The number of aryl methyl sites for hydroxylation is 2. The van der Waals surface area contributed by atoms with Crippen molar-refractivity contribution in [2.75, 3.05) is 15.4 Å². The molecule has 2 aromatic heterocycles. The molecule has 0 spiro atoms. The van der Waals surface area contributed by atoms with Crippen LogP contribution < -0.4 is 15.4 Å². The van der Waals surface area contributed by atoms with Crippen molar-refractivity contribution in [2.24, 2.45) is 10.2 Å². The predicted octanol–water partition coefficient (Wildman–Crippen LogP) is 6.52. The van der Waals surface area contributed by atoms with Gasteiger partial charge in [-0.1, -0.05) is 36.4 Å². The highest BCUT2D eigenvalue weighted by molar-refractivity contribution is 7.92. The van der Waals surface area contributed by atoms with Crippen LogP contribution in [-0.2, 0) is 10.0 Å². The number of hydrogen-bond donors (Lipinski definition) is 4. The topological polar surface area (TPSA) is 149 Å². The first-order valence-corrected chi connectivity index (χ1v) is 13.4. The van der Waals surface area contributed by atoms with E-state index in [-0.39, 0.29) is 10.8 Å². The van der Waals surface area contributed by atoms with Gasteiger partial charge in [0, 0.05) is 22.8 Å². The summed E-state index contributed by atoms with van der Waals surface area (Å²) in [6.07, 6.45) is 0. The Hall–Kier alpha value is -5.10. The van der Waals surface area contributed by atoms with Crippen LogP contribution in [0.15, 0.2) is 106 Å². The van der Waals surface area contributed by atoms with Crippen LogP contribution in [0.4, 0.5) is 40.3 Å². The second-order valence-electron chi connectivity index (χ2n) is 8.55. The van der Waals surface area contributed by atoms with Crippen LogP contribution in [0.25, 0.3) is 0 Å². The van der Waals surface area contributed by atoms with Crippen molar-refractivity contribution >= 4 is 50.4 Å². The number of sulfonamides is 1. The number of azo groups is 1. The highest BCUT2D eigenvalue weighted by Gasteiger charge is 2.17. The van der Waals surface area contributed by atoms with Crippen molar-refractivity contribution in [2.45, 2.75) is 18.7 Å². The van der Waals surface area contributed by atoms with Gasteiger partial charge in [-0.25, -0.2) is 23.1 Å². The third-order valence-corrected chi connectivity index (χ3v) is 6.78. The quantitative estimate of drug-likeness (QED) is 0.156. The van der Waals surface area contributed by atoms with E-state index in [2.05, 4.69) is 45.7 Å². The Morgan fingerprint density at radius 1 is 0.744 bits per heavy atom. The molecule has 4 N–H and O–H groups in total. The predicted molar refractivity (Wildman–Crippen MR) is 151 cm³/mol. The van der Waals surface area contributed by atoms with E-state index in [1.54, 1.807) is 32.0 Å². The fourth-order valence-electron chi connectivity index (χ4n) is 3.68. The molecule has 196 valence electrons. The van der Waals surface area contributed by atoms with Crippen molar-refractivity contribution in [1.82, 2.24) is 20.2 Å². The molecule has 2 heterocycles. The molecule has 5 aromatic rings. The molecule has 0 unspecified atom stereocenters. The smallest absolute Gasteiger partial charge is 0.264 e. The SMILES string of the molecule is Cc1cc(C)nc(NS(=O)(=O)c2ccc(N=Nc3c(Nc4ccccc4)n[nH]c3Nc3ccccc3)cc2)n1. The minimum Gasteiger partial charge on any atom is -0.339 e. The molecule has 12 heteroatoms. The van der Waals surface area contributed by atoms with Crippen LogP contribution in [0.1, 0.15) is 11.4 Å². The Balaban J connectivity index is 1.39. The fraction of sp³-hybridized carbons (Fsp3) is 0.0741. The molecule has 0 aliphatic heterocycles. The molecule has 0 atom stereocenters. The first-order chi connectivity index (χ1) is 18.9. The second-order valence-corrected chi connectivity index (χ2v) is 10.2. The van der Waals surface area contributed by atoms with E-state index in [1.807, 2.05) is 60.7 Å². The Bertz CT molecular complexity index is 1620. The van der Waals surface area contributed by atoms with Gasteiger partial charge in [0.2, 0.25) is 5.95 Å². The van der Waals surface area contributed by atoms with Crippen LogP contribution in [0.5, 0.6) is 0 Å². The molecular weight excluding hydrogens is 514 g/mol. The molecule has 0 fully saturated rings. The third kappa shape index (κ3) is 6.43. The molecular formula is C27H25N9O2S. The van der Waals surface area contributed by atoms with Gasteiger partial charge in [0.05, 0.1) is 10.6 Å². The van der Waals surface area contributed by atoms with Crippen molar-refractivity contribution in [3.05, 3.63) is 102 Å². The maximum atomic E-state index is 12.8. The second kappa shape index (κ2) is 11.1. The summed E-state index contributed by atoms with van der Waals surface area (Å²) in [4.78, 5) is 8.33. The maximum absolute atomic E-state index is 12.8. The van der Waals surface area contributed by atoms with Gasteiger partial charge >= 0.3 is 0 Å². The van der Waals surface area contributed by atoms with Gasteiger partial charge in [-0.15, -0.1) is 5.11 Å². The van der Waals surface area contributed by atoms with E-state index in [1.165, 1.54) is 12.1 Å². The van der Waals surface area contributed by atoms with E-state index in [0.29, 0.717) is 34.4 Å². The Morgan fingerprint density at radius 3 is 1.95 bits per heavy atom. The number of aromatic amines is 1. The highest BCUT2D eigenvalue weighted by Crippen LogP contribution is 2.36. The zero-order valence-corrected chi connectivity index (χ0v) is 21.9. The lowest BCUT2D eigenvalue weighted by molar-refractivity contribution is 0.601. The lowest BCUT2D eigenvalue weighted by Gasteiger charge is -2.08. The Kier molecular flexibility index (Phi) is 7.28. The van der Waals surface area contributed by atoms with Crippen molar-refractivity contribution in [3.63, 3.8) is 0 Å². The average Bonchev–Trinajstić information content (AvgIpc) is 3.28. The van der Waals surface area contributed by atoms with Gasteiger partial charge in [0.15, 0.2) is 17.3 Å². The number of nitrogens with one attached hydrogen (secondary N) is 4. The summed E-state index contributed by atoms with van der Waals surface area (Å²) in [5.74, 6) is 1.04. The van der Waals surface area contributed by atoms with Gasteiger partial charge < -0.3 is 10.6 Å². The summed E-state index contributed by atoms with van der Waals surface area (Å²) in [6.45, 7) is 3.54. The van der Waals surface area contributed by atoms with E-state index in [0.717, 1.165) is 11.4 Å². The van der Waals surface area contributed by atoms with Gasteiger partial charge in [-0.2, -0.15) is 10.2 Å².